The van der Waals surface area contributed by atoms with Crippen LogP contribution in [0.5, 0.6) is 0 Å². The third-order valence-electron chi connectivity index (χ3n) is 3.86. The van der Waals surface area contributed by atoms with Crippen molar-refractivity contribution in [1.82, 2.24) is 15.1 Å². The van der Waals surface area contributed by atoms with Gasteiger partial charge in [-0.15, -0.1) is 0 Å². The molecule has 1 N–H and O–H groups in total. The van der Waals surface area contributed by atoms with E-state index in [2.05, 4.69) is 24.1 Å². The number of carbonyl (C=O) groups excluding carboxylic acids is 1. The molecule has 4 heteroatoms. The maximum Gasteiger partial charge on any atom is 0.236 e. The van der Waals surface area contributed by atoms with Crippen molar-refractivity contribution < 1.29 is 4.79 Å². The Bertz CT molecular complexity index is 270. The van der Waals surface area contributed by atoms with Crippen LogP contribution in [0.4, 0.5) is 0 Å². The van der Waals surface area contributed by atoms with Gasteiger partial charge in [-0.25, -0.2) is 0 Å². The van der Waals surface area contributed by atoms with Crippen molar-refractivity contribution in [2.24, 2.45) is 5.92 Å². The van der Waals surface area contributed by atoms with Gasteiger partial charge in [0.15, 0.2) is 0 Å². The number of hydrogen-bond donors (Lipinski definition) is 1. The Labute approximate surface area is 111 Å². The molecule has 0 aromatic heterocycles. The lowest BCUT2D eigenvalue weighted by molar-refractivity contribution is -0.133. The van der Waals surface area contributed by atoms with Gasteiger partial charge in [0.1, 0.15) is 0 Å². The molecule has 0 bridgehead atoms. The van der Waals surface area contributed by atoms with Gasteiger partial charge in [0.2, 0.25) is 5.91 Å². The van der Waals surface area contributed by atoms with E-state index in [1.807, 2.05) is 4.90 Å². The molecule has 0 aromatic rings. The van der Waals surface area contributed by atoms with E-state index in [0.29, 0.717) is 18.5 Å². The Morgan fingerprint density at radius 1 is 1.33 bits per heavy atom. The van der Waals surface area contributed by atoms with Crippen molar-refractivity contribution in [3.63, 3.8) is 0 Å². The molecule has 1 aliphatic heterocycles. The van der Waals surface area contributed by atoms with Gasteiger partial charge in [0.05, 0.1) is 6.54 Å². The largest absolute Gasteiger partial charge is 0.339 e. The highest BCUT2D eigenvalue weighted by molar-refractivity contribution is 5.78. The second kappa shape index (κ2) is 6.53. The highest BCUT2D eigenvalue weighted by atomic mass is 16.2. The van der Waals surface area contributed by atoms with Crippen LogP contribution in [0.1, 0.15) is 33.1 Å². The van der Waals surface area contributed by atoms with E-state index in [9.17, 15) is 4.79 Å². The summed E-state index contributed by atoms with van der Waals surface area (Å²) in [5.41, 5.74) is 0. The number of nitrogens with zero attached hydrogens (tertiary/aromatic N) is 2. The molecule has 1 saturated carbocycles. The van der Waals surface area contributed by atoms with Crippen molar-refractivity contribution in [3.8, 4) is 0 Å². The average molecular weight is 253 g/mol. The van der Waals surface area contributed by atoms with Crippen LogP contribution in [-0.2, 0) is 4.79 Å². The van der Waals surface area contributed by atoms with Gasteiger partial charge >= 0.3 is 0 Å². The van der Waals surface area contributed by atoms with Crippen LogP contribution in [0.25, 0.3) is 0 Å². The van der Waals surface area contributed by atoms with Crippen LogP contribution >= 0.6 is 0 Å². The smallest absolute Gasteiger partial charge is 0.236 e. The normalized spacial score (nSPS) is 20.8. The van der Waals surface area contributed by atoms with Gasteiger partial charge in [-0.2, -0.15) is 0 Å². The predicted octanol–water partition coefficient (Wildman–Crippen LogP) is 0.929. The lowest BCUT2D eigenvalue weighted by atomic mass is 10.1. The molecule has 0 spiro atoms. The van der Waals surface area contributed by atoms with Crippen LogP contribution in [0.2, 0.25) is 0 Å². The van der Waals surface area contributed by atoms with Gasteiger partial charge in [0.25, 0.3) is 0 Å². The minimum Gasteiger partial charge on any atom is -0.339 e. The van der Waals surface area contributed by atoms with E-state index in [0.717, 1.165) is 38.6 Å². The molecular formula is C14H27N3O. The van der Waals surface area contributed by atoms with Crippen molar-refractivity contribution in [2.45, 2.75) is 39.2 Å². The average Bonchev–Trinajstić information content (AvgIpc) is 3.19. The monoisotopic (exact) mass is 253 g/mol. The molecule has 0 radical (unpaired) electrons. The van der Waals surface area contributed by atoms with E-state index >= 15 is 0 Å². The van der Waals surface area contributed by atoms with E-state index in [1.165, 1.54) is 19.3 Å². The Hall–Kier alpha value is -0.610. The van der Waals surface area contributed by atoms with Gasteiger partial charge < -0.3 is 10.2 Å². The van der Waals surface area contributed by atoms with Crippen molar-refractivity contribution in [3.05, 3.63) is 0 Å². The first-order chi connectivity index (χ1) is 8.66. The maximum atomic E-state index is 12.2. The minimum absolute atomic E-state index is 0.326. The molecule has 0 unspecified atom stereocenters. The fourth-order valence-corrected chi connectivity index (χ4v) is 2.44. The van der Waals surface area contributed by atoms with E-state index < -0.39 is 0 Å². The number of carbonyl (C=O) groups is 1. The number of amides is 1. The number of hydrogen-bond acceptors (Lipinski definition) is 3. The molecular weight excluding hydrogens is 226 g/mol. The first-order valence-electron chi connectivity index (χ1n) is 7.39. The zero-order valence-corrected chi connectivity index (χ0v) is 11.8. The fourth-order valence-electron chi connectivity index (χ4n) is 2.44. The van der Waals surface area contributed by atoms with Crippen LogP contribution < -0.4 is 5.32 Å². The Kier molecular flexibility index (Phi) is 5.01. The summed E-state index contributed by atoms with van der Waals surface area (Å²) in [6.07, 6.45) is 3.77. The molecule has 1 aliphatic carbocycles. The molecule has 2 rings (SSSR count). The summed E-state index contributed by atoms with van der Waals surface area (Å²) in [4.78, 5) is 16.7. The van der Waals surface area contributed by atoms with Gasteiger partial charge in [0, 0.05) is 32.2 Å². The predicted molar refractivity (Wildman–Crippen MR) is 73.5 cm³/mol. The summed E-state index contributed by atoms with van der Waals surface area (Å²) in [6, 6.07) is 0.690. The van der Waals surface area contributed by atoms with E-state index in [4.69, 9.17) is 0 Å². The lowest BCUT2D eigenvalue weighted by Crippen LogP contribution is -2.50. The van der Waals surface area contributed by atoms with Gasteiger partial charge in [-0.3, -0.25) is 9.69 Å². The summed E-state index contributed by atoms with van der Waals surface area (Å²) in [5.74, 6) is 1.05. The molecule has 1 amide bonds. The second-order valence-corrected chi connectivity index (χ2v) is 6.01. The quantitative estimate of drug-likeness (QED) is 0.765. The number of piperazine rings is 1. The molecule has 18 heavy (non-hydrogen) atoms. The van der Waals surface area contributed by atoms with Crippen molar-refractivity contribution in [2.75, 3.05) is 39.3 Å². The van der Waals surface area contributed by atoms with Crippen molar-refractivity contribution >= 4 is 5.91 Å². The van der Waals surface area contributed by atoms with E-state index in [-0.39, 0.29) is 0 Å². The van der Waals surface area contributed by atoms with Crippen LogP contribution in [0, 0.1) is 5.92 Å². The highest BCUT2D eigenvalue weighted by Gasteiger charge is 2.31. The molecule has 0 atom stereocenters. The number of rotatable bonds is 6. The molecule has 104 valence electrons. The second-order valence-electron chi connectivity index (χ2n) is 6.01. The highest BCUT2D eigenvalue weighted by Crippen LogP contribution is 2.27. The maximum absolute atomic E-state index is 12.2. The lowest BCUT2D eigenvalue weighted by Gasteiger charge is -2.30. The standard InChI is InChI=1S/C14H27N3O/c1-12(2)5-8-17(13-3-4-13)11-14(18)16-9-6-15-7-10-16/h12-13,15H,3-11H2,1-2H3. The first kappa shape index (κ1) is 13.8. The van der Waals surface area contributed by atoms with Crippen molar-refractivity contribution in [1.29, 1.82) is 0 Å². The van der Waals surface area contributed by atoms with E-state index in [1.54, 1.807) is 0 Å². The fraction of sp³-hybridized carbons (Fsp3) is 0.929. The Balaban J connectivity index is 1.78. The summed E-state index contributed by atoms with van der Waals surface area (Å²) in [7, 11) is 0. The Morgan fingerprint density at radius 2 is 2.00 bits per heavy atom. The SMILES string of the molecule is CC(C)CCN(CC(=O)N1CCNCC1)C1CC1. The Morgan fingerprint density at radius 3 is 2.56 bits per heavy atom. The zero-order chi connectivity index (χ0) is 13.0. The molecule has 0 aromatic carbocycles. The van der Waals surface area contributed by atoms with Crippen LogP contribution in [0.3, 0.4) is 0 Å². The summed E-state index contributed by atoms with van der Waals surface area (Å²) < 4.78 is 0. The molecule has 1 heterocycles. The molecule has 4 nitrogen and oxygen atoms in total. The van der Waals surface area contributed by atoms with Gasteiger partial charge in [-0.05, 0) is 31.7 Å². The third-order valence-corrected chi connectivity index (χ3v) is 3.86. The topological polar surface area (TPSA) is 35.6 Å². The zero-order valence-electron chi connectivity index (χ0n) is 11.8. The van der Waals surface area contributed by atoms with Crippen LogP contribution in [-0.4, -0.2) is 61.0 Å². The van der Waals surface area contributed by atoms with Gasteiger partial charge in [-0.1, -0.05) is 13.8 Å². The number of nitrogens with one attached hydrogen (secondary N) is 1. The van der Waals surface area contributed by atoms with Crippen LogP contribution in [0.15, 0.2) is 0 Å². The first-order valence-corrected chi connectivity index (χ1v) is 7.39. The molecule has 2 fully saturated rings. The molecule has 2 aliphatic rings. The summed E-state index contributed by atoms with van der Waals surface area (Å²) in [6.45, 7) is 9.87. The minimum atomic E-state index is 0.326. The third kappa shape index (κ3) is 4.25. The summed E-state index contributed by atoms with van der Waals surface area (Å²) in [5, 5.41) is 3.29. The summed E-state index contributed by atoms with van der Waals surface area (Å²) >= 11 is 0. The molecule has 1 saturated heterocycles.